The topological polar surface area (TPSA) is 55.6 Å². The Morgan fingerprint density at radius 2 is 1.62 bits per heavy atom. The minimum atomic E-state index is -4.39. The third kappa shape index (κ3) is 4.79. The van der Waals surface area contributed by atoms with Crippen molar-refractivity contribution in [3.8, 4) is 28.3 Å². The van der Waals surface area contributed by atoms with Gasteiger partial charge in [-0.15, -0.1) is 0 Å². The summed E-state index contributed by atoms with van der Waals surface area (Å²) in [5, 5.41) is 4.10. The van der Waals surface area contributed by atoms with Crippen LogP contribution in [-0.2, 0) is 11.0 Å². The lowest BCUT2D eigenvalue weighted by atomic mass is 10.0. The lowest BCUT2D eigenvalue weighted by molar-refractivity contribution is -0.137. The average molecular weight is 444 g/mol. The molecule has 1 aliphatic heterocycles. The van der Waals surface area contributed by atoms with Crippen LogP contribution in [0, 0.1) is 6.92 Å². The number of aromatic nitrogens is 1. The number of carbonyl (C=O) groups is 1. The number of benzene rings is 2. The van der Waals surface area contributed by atoms with Gasteiger partial charge in [0.1, 0.15) is 11.4 Å². The maximum Gasteiger partial charge on any atom is 0.416 e. The predicted octanol–water partition coefficient (Wildman–Crippen LogP) is 5.73. The fourth-order valence-corrected chi connectivity index (χ4v) is 3.77. The van der Waals surface area contributed by atoms with Crippen molar-refractivity contribution in [3.63, 3.8) is 0 Å². The summed E-state index contributed by atoms with van der Waals surface area (Å²) in [4.78, 5) is 14.1. The number of carbonyl (C=O) groups excluding carboxylic acids is 1. The Kier molecular flexibility index (Phi) is 6.21. The van der Waals surface area contributed by atoms with Gasteiger partial charge < -0.3 is 14.2 Å². The smallest absolute Gasteiger partial charge is 0.416 e. The minimum absolute atomic E-state index is 0.000401. The molecule has 168 valence electrons. The molecule has 32 heavy (non-hydrogen) atoms. The number of alkyl halides is 3. The second kappa shape index (κ2) is 9.06. The van der Waals surface area contributed by atoms with E-state index in [-0.39, 0.29) is 12.5 Å². The van der Waals surface area contributed by atoms with Crippen LogP contribution in [0.25, 0.3) is 22.6 Å². The molecule has 0 bridgehead atoms. The third-order valence-corrected chi connectivity index (χ3v) is 5.60. The number of rotatable bonds is 5. The molecule has 0 radical (unpaired) electrons. The van der Waals surface area contributed by atoms with Crippen molar-refractivity contribution in [1.29, 1.82) is 0 Å². The predicted molar refractivity (Wildman–Crippen MR) is 113 cm³/mol. The molecule has 0 unspecified atom stereocenters. The molecule has 2 heterocycles. The van der Waals surface area contributed by atoms with E-state index in [0.29, 0.717) is 22.8 Å². The highest BCUT2D eigenvalue weighted by molar-refractivity contribution is 5.78. The highest BCUT2D eigenvalue weighted by Gasteiger charge is 2.30. The van der Waals surface area contributed by atoms with Gasteiger partial charge in [-0.05, 0) is 62.6 Å². The summed E-state index contributed by atoms with van der Waals surface area (Å²) in [5.74, 6) is 0.978. The van der Waals surface area contributed by atoms with Crippen LogP contribution in [0.4, 0.5) is 13.2 Å². The van der Waals surface area contributed by atoms with Crippen LogP contribution in [0.1, 0.15) is 30.4 Å². The van der Waals surface area contributed by atoms with E-state index in [2.05, 4.69) is 5.16 Å². The first-order valence-electron chi connectivity index (χ1n) is 10.5. The summed E-state index contributed by atoms with van der Waals surface area (Å²) >= 11 is 0. The Labute approximate surface area is 183 Å². The number of likely N-dealkylation sites (tertiary alicyclic amines) is 1. The normalized spacial score (nSPS) is 14.4. The molecule has 0 aliphatic carbocycles. The van der Waals surface area contributed by atoms with Gasteiger partial charge in [0, 0.05) is 29.8 Å². The summed E-state index contributed by atoms with van der Waals surface area (Å²) < 4.78 is 49.4. The molecule has 0 saturated carbocycles. The molecular formula is C24H23F3N2O3. The van der Waals surface area contributed by atoms with Crippen molar-refractivity contribution < 1.29 is 27.2 Å². The zero-order chi connectivity index (χ0) is 22.7. The summed E-state index contributed by atoms with van der Waals surface area (Å²) in [7, 11) is 0. The van der Waals surface area contributed by atoms with Crippen LogP contribution < -0.4 is 4.74 Å². The van der Waals surface area contributed by atoms with Gasteiger partial charge in [0.05, 0.1) is 5.56 Å². The van der Waals surface area contributed by atoms with Gasteiger partial charge in [-0.25, -0.2) is 0 Å². The summed E-state index contributed by atoms with van der Waals surface area (Å²) in [6, 6.07) is 11.9. The highest BCUT2D eigenvalue weighted by Crippen LogP contribution is 2.34. The van der Waals surface area contributed by atoms with Crippen LogP contribution in [0.2, 0.25) is 0 Å². The molecule has 0 atom stereocenters. The molecule has 1 amide bonds. The van der Waals surface area contributed by atoms with Crippen molar-refractivity contribution in [1.82, 2.24) is 10.1 Å². The first-order valence-corrected chi connectivity index (χ1v) is 10.5. The van der Waals surface area contributed by atoms with E-state index in [9.17, 15) is 18.0 Å². The molecule has 1 saturated heterocycles. The first kappa shape index (κ1) is 21.9. The molecule has 0 N–H and O–H groups in total. The molecule has 2 aromatic carbocycles. The molecule has 8 heteroatoms. The molecule has 1 fully saturated rings. The molecule has 0 spiro atoms. The van der Waals surface area contributed by atoms with E-state index in [0.717, 1.165) is 55.6 Å². The number of halogens is 3. The number of piperidine rings is 1. The standard InChI is InChI=1S/C24H23F3N2O3/c1-16-22(28-32-23(16)18-5-9-19(10-6-18)24(25,26)27)17-7-11-20(12-8-17)31-15-21(30)29-13-3-2-4-14-29/h5-12H,2-4,13-15H2,1H3. The zero-order valence-corrected chi connectivity index (χ0v) is 17.6. The van der Waals surface area contributed by atoms with Gasteiger partial charge in [0.25, 0.3) is 5.91 Å². The Morgan fingerprint density at radius 3 is 2.25 bits per heavy atom. The monoisotopic (exact) mass is 444 g/mol. The molecule has 1 aromatic heterocycles. The van der Waals surface area contributed by atoms with Crippen molar-refractivity contribution in [2.75, 3.05) is 19.7 Å². The summed E-state index contributed by atoms with van der Waals surface area (Å²) in [6.45, 7) is 3.38. The SMILES string of the molecule is Cc1c(-c2ccc(OCC(=O)N3CCCCC3)cc2)noc1-c1ccc(C(F)(F)F)cc1. The van der Waals surface area contributed by atoms with E-state index in [4.69, 9.17) is 9.26 Å². The van der Waals surface area contributed by atoms with Gasteiger partial charge in [0.2, 0.25) is 0 Å². The Bertz CT molecular complexity index is 1070. The van der Waals surface area contributed by atoms with Crippen molar-refractivity contribution in [3.05, 3.63) is 59.7 Å². The summed E-state index contributed by atoms with van der Waals surface area (Å²) in [6.07, 6.45) is -1.16. The molecule has 4 rings (SSSR count). The number of amides is 1. The fraction of sp³-hybridized carbons (Fsp3) is 0.333. The number of ether oxygens (including phenoxy) is 1. The van der Waals surface area contributed by atoms with Crippen LogP contribution in [0.15, 0.2) is 53.1 Å². The van der Waals surface area contributed by atoms with E-state index < -0.39 is 11.7 Å². The highest BCUT2D eigenvalue weighted by atomic mass is 19.4. The van der Waals surface area contributed by atoms with E-state index in [1.807, 2.05) is 17.0 Å². The number of hydrogen-bond acceptors (Lipinski definition) is 4. The number of nitrogens with zero attached hydrogens (tertiary/aromatic N) is 2. The lowest BCUT2D eigenvalue weighted by Gasteiger charge is -2.26. The van der Waals surface area contributed by atoms with Crippen LogP contribution in [0.5, 0.6) is 5.75 Å². The lowest BCUT2D eigenvalue weighted by Crippen LogP contribution is -2.38. The first-order chi connectivity index (χ1) is 15.3. The van der Waals surface area contributed by atoms with Gasteiger partial charge in [0.15, 0.2) is 12.4 Å². The van der Waals surface area contributed by atoms with Crippen LogP contribution >= 0.6 is 0 Å². The minimum Gasteiger partial charge on any atom is -0.484 e. The van der Waals surface area contributed by atoms with E-state index >= 15 is 0 Å². The Hall–Kier alpha value is -3.29. The summed E-state index contributed by atoms with van der Waals surface area (Å²) in [5.41, 5.74) is 1.90. The van der Waals surface area contributed by atoms with Gasteiger partial charge in [-0.1, -0.05) is 17.3 Å². The quantitative estimate of drug-likeness (QED) is 0.505. The molecule has 3 aromatic rings. The largest absolute Gasteiger partial charge is 0.484 e. The molecular weight excluding hydrogens is 421 g/mol. The van der Waals surface area contributed by atoms with Gasteiger partial charge in [-0.2, -0.15) is 13.2 Å². The second-order valence-corrected chi connectivity index (χ2v) is 7.81. The van der Waals surface area contributed by atoms with Crippen LogP contribution in [-0.4, -0.2) is 35.7 Å². The fourth-order valence-electron chi connectivity index (χ4n) is 3.77. The zero-order valence-electron chi connectivity index (χ0n) is 17.6. The van der Waals surface area contributed by atoms with Gasteiger partial charge in [-0.3, -0.25) is 4.79 Å². The molecule has 5 nitrogen and oxygen atoms in total. The Morgan fingerprint density at radius 1 is 1.00 bits per heavy atom. The average Bonchev–Trinajstić information content (AvgIpc) is 3.19. The van der Waals surface area contributed by atoms with E-state index in [1.54, 1.807) is 19.1 Å². The Balaban J connectivity index is 1.43. The number of hydrogen-bond donors (Lipinski definition) is 0. The van der Waals surface area contributed by atoms with E-state index in [1.165, 1.54) is 12.1 Å². The maximum absolute atomic E-state index is 12.8. The van der Waals surface area contributed by atoms with Crippen molar-refractivity contribution >= 4 is 5.91 Å². The van der Waals surface area contributed by atoms with Gasteiger partial charge >= 0.3 is 6.18 Å². The maximum atomic E-state index is 12.8. The van der Waals surface area contributed by atoms with Crippen molar-refractivity contribution in [2.24, 2.45) is 0 Å². The van der Waals surface area contributed by atoms with Crippen LogP contribution in [0.3, 0.4) is 0 Å². The van der Waals surface area contributed by atoms with Crippen molar-refractivity contribution in [2.45, 2.75) is 32.4 Å². The molecule has 1 aliphatic rings. The second-order valence-electron chi connectivity index (χ2n) is 7.81. The third-order valence-electron chi connectivity index (χ3n) is 5.60.